The van der Waals surface area contributed by atoms with Crippen molar-refractivity contribution in [3.05, 3.63) is 40.3 Å². The van der Waals surface area contributed by atoms with Gasteiger partial charge in [-0.2, -0.15) is 0 Å². The van der Waals surface area contributed by atoms with E-state index in [0.717, 1.165) is 5.56 Å². The number of benzene rings is 1. The highest BCUT2D eigenvalue weighted by Crippen LogP contribution is 2.25. The van der Waals surface area contributed by atoms with Crippen LogP contribution in [0, 0.1) is 5.92 Å². The van der Waals surface area contributed by atoms with Crippen molar-refractivity contribution in [1.82, 2.24) is 4.90 Å². The van der Waals surface area contributed by atoms with Crippen LogP contribution in [0.2, 0.25) is 5.02 Å². The van der Waals surface area contributed by atoms with Gasteiger partial charge in [0.25, 0.3) is 0 Å². The number of carbonyl (C=O) groups is 1. The minimum Gasteiger partial charge on any atom is -0.496 e. The fraction of sp³-hybridized carbons (Fsp3) is 0.438. The van der Waals surface area contributed by atoms with E-state index in [-0.39, 0.29) is 24.0 Å². The lowest BCUT2D eigenvalue weighted by molar-refractivity contribution is -0.132. The van der Waals surface area contributed by atoms with Crippen molar-refractivity contribution in [3.63, 3.8) is 0 Å². The fourth-order valence-electron chi connectivity index (χ4n) is 2.57. The molecule has 1 atom stereocenters. The number of ether oxygens (including phenoxy) is 1. The molecule has 0 radical (unpaired) electrons. The van der Waals surface area contributed by atoms with Gasteiger partial charge >= 0.3 is 0 Å². The van der Waals surface area contributed by atoms with Crippen LogP contribution in [0.15, 0.2) is 29.7 Å². The highest BCUT2D eigenvalue weighted by molar-refractivity contribution is 7.94. The second-order valence-electron chi connectivity index (χ2n) is 5.49. The van der Waals surface area contributed by atoms with Gasteiger partial charge in [-0.15, -0.1) is 0 Å². The predicted molar refractivity (Wildman–Crippen MR) is 90.1 cm³/mol. The molecule has 23 heavy (non-hydrogen) atoms. The summed E-state index contributed by atoms with van der Waals surface area (Å²) in [6, 6.07) is 5.27. The molecule has 1 aliphatic heterocycles. The summed E-state index contributed by atoms with van der Waals surface area (Å²) in [7, 11) is -1.57. The molecule has 2 rings (SSSR count). The molecular weight excluding hydrogens is 338 g/mol. The molecule has 0 bridgehead atoms. The maximum atomic E-state index is 12.5. The summed E-state index contributed by atoms with van der Waals surface area (Å²) in [6.07, 6.45) is 1.79. The number of methoxy groups -OCH3 is 1. The molecule has 1 aromatic carbocycles. The first-order chi connectivity index (χ1) is 10.8. The van der Waals surface area contributed by atoms with Gasteiger partial charge in [0.1, 0.15) is 5.75 Å². The SMILES string of the molecule is CCN(Cc1cc(Cl)ccc1OC)C(=O)C[C@H]1C=CS(=O)(=O)C1. The third kappa shape index (κ3) is 4.72. The lowest BCUT2D eigenvalue weighted by atomic mass is 10.1. The molecule has 7 heteroatoms. The lowest BCUT2D eigenvalue weighted by Crippen LogP contribution is -2.32. The molecule has 1 aromatic rings. The van der Waals surface area contributed by atoms with Gasteiger partial charge < -0.3 is 9.64 Å². The van der Waals surface area contributed by atoms with E-state index >= 15 is 0 Å². The van der Waals surface area contributed by atoms with Crippen LogP contribution in [-0.2, 0) is 21.2 Å². The Morgan fingerprint density at radius 1 is 1.43 bits per heavy atom. The van der Waals surface area contributed by atoms with Gasteiger partial charge in [-0.1, -0.05) is 17.7 Å². The van der Waals surface area contributed by atoms with Crippen molar-refractivity contribution in [2.45, 2.75) is 19.9 Å². The molecule has 126 valence electrons. The maximum absolute atomic E-state index is 12.5. The third-order valence-electron chi connectivity index (χ3n) is 3.78. The van der Waals surface area contributed by atoms with Gasteiger partial charge in [-0.3, -0.25) is 4.79 Å². The van der Waals surface area contributed by atoms with Crippen LogP contribution in [0.4, 0.5) is 0 Å². The molecule has 0 aromatic heterocycles. The Bertz CT molecular complexity index is 715. The number of nitrogens with zero attached hydrogens (tertiary/aromatic N) is 1. The Morgan fingerprint density at radius 3 is 2.74 bits per heavy atom. The van der Waals surface area contributed by atoms with Crippen molar-refractivity contribution in [1.29, 1.82) is 0 Å². The Morgan fingerprint density at radius 2 is 2.17 bits per heavy atom. The molecule has 0 aliphatic carbocycles. The zero-order chi connectivity index (χ0) is 17.0. The number of hydrogen-bond acceptors (Lipinski definition) is 4. The van der Waals surface area contributed by atoms with Crippen LogP contribution in [0.5, 0.6) is 5.75 Å². The van der Waals surface area contributed by atoms with Gasteiger partial charge in [0, 0.05) is 41.4 Å². The summed E-state index contributed by atoms with van der Waals surface area (Å²) in [4.78, 5) is 14.1. The summed E-state index contributed by atoms with van der Waals surface area (Å²) < 4.78 is 28.2. The Kier molecular flexibility index (Phi) is 5.70. The first kappa shape index (κ1) is 17.8. The second-order valence-corrected chi connectivity index (χ2v) is 7.85. The van der Waals surface area contributed by atoms with Gasteiger partial charge in [0.15, 0.2) is 9.84 Å². The third-order valence-corrected chi connectivity index (χ3v) is 5.48. The summed E-state index contributed by atoms with van der Waals surface area (Å²) in [5.41, 5.74) is 0.824. The van der Waals surface area contributed by atoms with Gasteiger partial charge in [0.2, 0.25) is 5.91 Å². The summed E-state index contributed by atoms with van der Waals surface area (Å²) in [5.74, 6) is 0.352. The number of halogens is 1. The predicted octanol–water partition coefficient (Wildman–Crippen LogP) is 2.65. The van der Waals surface area contributed by atoms with E-state index in [0.29, 0.717) is 23.9 Å². The minimum absolute atomic E-state index is 0.0107. The van der Waals surface area contributed by atoms with Crippen molar-refractivity contribution < 1.29 is 17.9 Å². The molecule has 5 nitrogen and oxygen atoms in total. The van der Waals surface area contributed by atoms with Crippen molar-refractivity contribution >= 4 is 27.3 Å². The molecule has 0 fully saturated rings. The number of allylic oxidation sites excluding steroid dienone is 1. The van der Waals surface area contributed by atoms with E-state index in [4.69, 9.17) is 16.3 Å². The standard InChI is InChI=1S/C16H20ClNO4S/c1-3-18(10-13-9-14(17)4-5-15(13)22-2)16(19)8-12-6-7-23(20,21)11-12/h4-7,9,12H,3,8,10-11H2,1-2H3/t12-/m1/s1. The van der Waals surface area contributed by atoms with E-state index in [1.54, 1.807) is 36.3 Å². The molecule has 0 N–H and O–H groups in total. The Balaban J connectivity index is 2.07. The molecule has 0 spiro atoms. The van der Waals surface area contributed by atoms with Crippen molar-refractivity contribution in [3.8, 4) is 5.75 Å². The van der Waals surface area contributed by atoms with Crippen LogP contribution in [0.25, 0.3) is 0 Å². The fourth-order valence-corrected chi connectivity index (χ4v) is 4.17. The molecule has 1 heterocycles. The van der Waals surface area contributed by atoms with E-state index in [9.17, 15) is 13.2 Å². The highest BCUT2D eigenvalue weighted by Gasteiger charge is 2.26. The van der Waals surface area contributed by atoms with Gasteiger partial charge in [-0.05, 0) is 25.1 Å². The van der Waals surface area contributed by atoms with E-state index in [2.05, 4.69) is 0 Å². The van der Waals surface area contributed by atoms with Crippen LogP contribution in [0.3, 0.4) is 0 Å². The number of sulfone groups is 1. The van der Waals surface area contributed by atoms with E-state index in [1.165, 1.54) is 5.41 Å². The average Bonchev–Trinajstić information content (AvgIpc) is 2.83. The van der Waals surface area contributed by atoms with Crippen LogP contribution < -0.4 is 4.74 Å². The lowest BCUT2D eigenvalue weighted by Gasteiger charge is -2.23. The first-order valence-corrected chi connectivity index (χ1v) is 9.45. The number of rotatable bonds is 6. The second kappa shape index (κ2) is 7.36. The zero-order valence-electron chi connectivity index (χ0n) is 13.2. The molecule has 1 aliphatic rings. The zero-order valence-corrected chi connectivity index (χ0v) is 14.7. The summed E-state index contributed by atoms with van der Waals surface area (Å²) in [6.45, 7) is 2.79. The normalized spacial score (nSPS) is 18.8. The molecule has 0 unspecified atom stereocenters. The van der Waals surface area contributed by atoms with Gasteiger partial charge in [0.05, 0.1) is 12.9 Å². The topological polar surface area (TPSA) is 63.7 Å². The van der Waals surface area contributed by atoms with Crippen LogP contribution in [0.1, 0.15) is 18.9 Å². The molecule has 1 amide bonds. The number of carbonyl (C=O) groups excluding carboxylic acids is 1. The Labute approximate surface area is 141 Å². The first-order valence-electron chi connectivity index (χ1n) is 7.35. The monoisotopic (exact) mass is 357 g/mol. The van der Waals surface area contributed by atoms with Crippen LogP contribution in [-0.4, -0.2) is 38.6 Å². The smallest absolute Gasteiger partial charge is 0.223 e. The van der Waals surface area contributed by atoms with Gasteiger partial charge in [-0.25, -0.2) is 8.42 Å². The van der Waals surface area contributed by atoms with Crippen molar-refractivity contribution in [2.24, 2.45) is 5.92 Å². The number of hydrogen-bond donors (Lipinski definition) is 0. The Hall–Kier alpha value is -1.53. The van der Waals surface area contributed by atoms with E-state index < -0.39 is 9.84 Å². The largest absolute Gasteiger partial charge is 0.496 e. The quantitative estimate of drug-likeness (QED) is 0.785. The van der Waals surface area contributed by atoms with Crippen molar-refractivity contribution in [2.75, 3.05) is 19.4 Å². The summed E-state index contributed by atoms with van der Waals surface area (Å²) >= 11 is 6.01. The van der Waals surface area contributed by atoms with E-state index in [1.807, 2.05) is 6.92 Å². The highest BCUT2D eigenvalue weighted by atomic mass is 35.5. The maximum Gasteiger partial charge on any atom is 0.223 e. The average molecular weight is 358 g/mol. The van der Waals surface area contributed by atoms with Crippen LogP contribution >= 0.6 is 11.6 Å². The molecule has 0 saturated heterocycles. The minimum atomic E-state index is -3.14. The molecule has 0 saturated carbocycles. The number of amides is 1. The molecular formula is C16H20ClNO4S. The summed E-state index contributed by atoms with van der Waals surface area (Å²) in [5, 5.41) is 1.77.